The van der Waals surface area contributed by atoms with E-state index >= 15 is 0 Å². The number of hydrogen-bond donors (Lipinski definition) is 0. The number of benzene rings is 1. The van der Waals surface area contributed by atoms with Crippen molar-refractivity contribution in [3.63, 3.8) is 0 Å². The van der Waals surface area contributed by atoms with Gasteiger partial charge in [0.1, 0.15) is 5.82 Å². The van der Waals surface area contributed by atoms with Gasteiger partial charge in [-0.25, -0.2) is 13.2 Å². The van der Waals surface area contributed by atoms with E-state index in [1.807, 2.05) is 0 Å². The van der Waals surface area contributed by atoms with Crippen LogP contribution in [0.4, 0.5) is 26.3 Å². The second-order valence-electron chi connectivity index (χ2n) is 6.13. The van der Waals surface area contributed by atoms with Crippen LogP contribution in [0.25, 0.3) is 6.08 Å². The van der Waals surface area contributed by atoms with Gasteiger partial charge in [-0.15, -0.1) is 10.2 Å². The zero-order chi connectivity index (χ0) is 20.5. The minimum atomic E-state index is -4.61. The minimum absolute atomic E-state index is 0.0159. The Balaban J connectivity index is 1.56. The molecule has 0 spiro atoms. The van der Waals surface area contributed by atoms with Crippen LogP contribution in [0, 0.1) is 17.5 Å². The van der Waals surface area contributed by atoms with Crippen molar-refractivity contribution >= 4 is 12.0 Å². The molecule has 1 aliphatic rings. The summed E-state index contributed by atoms with van der Waals surface area (Å²) in [4.78, 5) is 13.6. The number of nitrogens with zero attached hydrogens (tertiary/aromatic N) is 4. The van der Waals surface area contributed by atoms with Crippen LogP contribution in [0.5, 0.6) is 0 Å². The predicted octanol–water partition coefficient (Wildman–Crippen LogP) is 3.55. The van der Waals surface area contributed by atoms with Crippen molar-refractivity contribution in [2.75, 3.05) is 6.54 Å². The molecule has 0 N–H and O–H groups in total. The summed E-state index contributed by atoms with van der Waals surface area (Å²) < 4.78 is 78.8. The number of rotatable bonds is 4. The van der Waals surface area contributed by atoms with Crippen LogP contribution >= 0.6 is 0 Å². The van der Waals surface area contributed by atoms with E-state index in [4.69, 9.17) is 0 Å². The van der Waals surface area contributed by atoms with Crippen LogP contribution in [-0.2, 0) is 24.1 Å². The van der Waals surface area contributed by atoms with Crippen LogP contribution in [0.15, 0.2) is 18.2 Å². The highest BCUT2D eigenvalue weighted by atomic mass is 19.4. The van der Waals surface area contributed by atoms with Crippen LogP contribution in [0.1, 0.15) is 30.1 Å². The zero-order valence-electron chi connectivity index (χ0n) is 14.3. The highest BCUT2D eigenvalue weighted by Crippen LogP contribution is 2.29. The fraction of sp³-hybridized carbons (Fsp3) is 0.353. The van der Waals surface area contributed by atoms with Crippen LogP contribution < -0.4 is 0 Å². The SMILES string of the molecule is O=C(CC/C=C\c1cc(F)c(F)cc1F)N1CCn2c(nnc2C(F)(F)F)C1. The molecule has 0 atom stereocenters. The predicted molar refractivity (Wildman–Crippen MR) is 85.0 cm³/mol. The first kappa shape index (κ1) is 19.9. The van der Waals surface area contributed by atoms with E-state index in [9.17, 15) is 31.1 Å². The second-order valence-corrected chi connectivity index (χ2v) is 6.13. The maximum absolute atomic E-state index is 13.5. The summed E-state index contributed by atoms with van der Waals surface area (Å²) in [6.45, 7) is -0.0866. The van der Waals surface area contributed by atoms with E-state index in [1.54, 1.807) is 0 Å². The second kappa shape index (κ2) is 7.64. The molecule has 0 saturated carbocycles. The van der Waals surface area contributed by atoms with E-state index in [0.29, 0.717) is 12.1 Å². The van der Waals surface area contributed by atoms with Crippen molar-refractivity contribution in [1.29, 1.82) is 0 Å². The number of amides is 1. The molecule has 0 saturated heterocycles. The Morgan fingerprint density at radius 3 is 2.50 bits per heavy atom. The van der Waals surface area contributed by atoms with E-state index < -0.39 is 29.5 Å². The number of aromatic nitrogens is 3. The molecule has 1 aromatic heterocycles. The first-order valence-electron chi connectivity index (χ1n) is 8.25. The summed E-state index contributed by atoms with van der Waals surface area (Å²) in [6.07, 6.45) is -1.75. The fourth-order valence-corrected chi connectivity index (χ4v) is 2.82. The molecule has 150 valence electrons. The first-order chi connectivity index (χ1) is 13.2. The highest BCUT2D eigenvalue weighted by Gasteiger charge is 2.39. The normalized spacial score (nSPS) is 14.6. The third kappa shape index (κ3) is 4.18. The molecule has 1 amide bonds. The highest BCUT2D eigenvalue weighted by molar-refractivity contribution is 5.76. The molecular formula is C17H14F6N4O. The van der Waals surface area contributed by atoms with Gasteiger partial charge in [0.2, 0.25) is 11.7 Å². The van der Waals surface area contributed by atoms with E-state index in [0.717, 1.165) is 4.57 Å². The lowest BCUT2D eigenvalue weighted by Crippen LogP contribution is -2.39. The van der Waals surface area contributed by atoms with Gasteiger partial charge < -0.3 is 9.47 Å². The lowest BCUT2D eigenvalue weighted by atomic mass is 10.1. The quantitative estimate of drug-likeness (QED) is 0.579. The summed E-state index contributed by atoms with van der Waals surface area (Å²) in [7, 11) is 0. The lowest BCUT2D eigenvalue weighted by Gasteiger charge is -2.28. The maximum atomic E-state index is 13.5. The number of allylic oxidation sites excluding steroid dienone is 1. The van der Waals surface area contributed by atoms with Crippen molar-refractivity contribution in [3.8, 4) is 0 Å². The molecule has 1 aromatic carbocycles. The summed E-state index contributed by atoms with van der Waals surface area (Å²) in [5.41, 5.74) is -0.155. The molecular weight excluding hydrogens is 390 g/mol. The Labute approximate surface area is 155 Å². The number of halogens is 6. The molecule has 11 heteroatoms. The van der Waals surface area contributed by atoms with Gasteiger partial charge in [0.15, 0.2) is 17.5 Å². The minimum Gasteiger partial charge on any atom is -0.333 e. The van der Waals surface area contributed by atoms with Gasteiger partial charge in [-0.05, 0) is 12.5 Å². The average Bonchev–Trinajstić information content (AvgIpc) is 3.06. The smallest absolute Gasteiger partial charge is 0.333 e. The molecule has 0 aliphatic carbocycles. The number of carbonyl (C=O) groups excluding carboxylic acids is 1. The topological polar surface area (TPSA) is 51.0 Å². The molecule has 2 heterocycles. The van der Waals surface area contributed by atoms with E-state index in [-0.39, 0.29) is 49.8 Å². The van der Waals surface area contributed by atoms with Gasteiger partial charge in [-0.2, -0.15) is 13.2 Å². The molecule has 28 heavy (non-hydrogen) atoms. The lowest BCUT2D eigenvalue weighted by molar-refractivity contribution is -0.148. The van der Waals surface area contributed by atoms with Crippen LogP contribution in [-0.4, -0.2) is 32.1 Å². The van der Waals surface area contributed by atoms with Gasteiger partial charge in [0.05, 0.1) is 6.54 Å². The molecule has 1 aliphatic heterocycles. The number of fused-ring (bicyclic) bond motifs is 1. The maximum Gasteiger partial charge on any atom is 0.451 e. The van der Waals surface area contributed by atoms with Gasteiger partial charge in [-0.3, -0.25) is 4.79 Å². The Bertz CT molecular complexity index is 921. The Kier molecular flexibility index (Phi) is 5.43. The number of hydrogen-bond acceptors (Lipinski definition) is 3. The third-order valence-electron chi connectivity index (χ3n) is 4.22. The monoisotopic (exact) mass is 404 g/mol. The van der Waals surface area contributed by atoms with Gasteiger partial charge in [0, 0.05) is 31.1 Å². The molecule has 0 radical (unpaired) electrons. The molecule has 5 nitrogen and oxygen atoms in total. The zero-order valence-corrected chi connectivity index (χ0v) is 14.3. The Morgan fingerprint density at radius 2 is 1.79 bits per heavy atom. The van der Waals surface area contributed by atoms with E-state index in [2.05, 4.69) is 10.2 Å². The van der Waals surface area contributed by atoms with Crippen LogP contribution in [0.3, 0.4) is 0 Å². The molecule has 3 rings (SSSR count). The standard InChI is InChI=1S/C17H14F6N4O/c18-11-8-13(20)12(19)7-10(11)3-1-2-4-15(28)26-5-6-27-14(9-26)24-25-16(27)17(21,22)23/h1,3,7-8H,2,4-6,9H2/b3-1-. The summed E-state index contributed by atoms with van der Waals surface area (Å²) in [5.74, 6) is -4.78. The Hall–Kier alpha value is -2.85. The Morgan fingerprint density at radius 1 is 1.07 bits per heavy atom. The summed E-state index contributed by atoms with van der Waals surface area (Å²) in [6, 6.07) is 1.14. The van der Waals surface area contributed by atoms with Crippen molar-refractivity contribution < 1.29 is 31.1 Å². The van der Waals surface area contributed by atoms with Crippen molar-refractivity contribution in [2.45, 2.75) is 32.1 Å². The van der Waals surface area contributed by atoms with Gasteiger partial charge >= 0.3 is 6.18 Å². The fourth-order valence-electron chi connectivity index (χ4n) is 2.82. The third-order valence-corrected chi connectivity index (χ3v) is 4.22. The summed E-state index contributed by atoms with van der Waals surface area (Å²) >= 11 is 0. The van der Waals surface area contributed by atoms with Gasteiger partial charge in [-0.1, -0.05) is 12.2 Å². The molecule has 0 bridgehead atoms. The van der Waals surface area contributed by atoms with Crippen molar-refractivity contribution in [1.82, 2.24) is 19.7 Å². The first-order valence-corrected chi connectivity index (χ1v) is 8.25. The van der Waals surface area contributed by atoms with Crippen molar-refractivity contribution in [2.24, 2.45) is 0 Å². The largest absolute Gasteiger partial charge is 0.451 e. The number of alkyl halides is 3. The van der Waals surface area contributed by atoms with Crippen molar-refractivity contribution in [3.05, 3.63) is 52.9 Å². The van der Waals surface area contributed by atoms with Crippen LogP contribution in [0.2, 0.25) is 0 Å². The molecule has 0 fully saturated rings. The molecule has 0 unspecified atom stereocenters. The average molecular weight is 404 g/mol. The van der Waals surface area contributed by atoms with E-state index in [1.165, 1.54) is 17.1 Å². The number of carbonyl (C=O) groups is 1. The van der Waals surface area contributed by atoms with Gasteiger partial charge in [0.25, 0.3) is 0 Å². The molecule has 2 aromatic rings. The summed E-state index contributed by atoms with van der Waals surface area (Å²) in [5, 5.41) is 6.63.